The zero-order valence-corrected chi connectivity index (χ0v) is 63.5. The molecular formula is C87H169NO5. The van der Waals surface area contributed by atoms with Crippen LogP contribution in [0.5, 0.6) is 0 Å². The molecule has 93 heavy (non-hydrogen) atoms. The van der Waals surface area contributed by atoms with Crippen LogP contribution >= 0.6 is 0 Å². The molecule has 2 unspecified atom stereocenters. The highest BCUT2D eigenvalue weighted by Gasteiger charge is 2.18. The predicted octanol–water partition coefficient (Wildman–Crippen LogP) is 28.8. The summed E-state index contributed by atoms with van der Waals surface area (Å²) in [6.07, 6.45) is 108. The van der Waals surface area contributed by atoms with Gasteiger partial charge in [-0.1, -0.05) is 449 Å². The van der Waals surface area contributed by atoms with E-state index in [0.29, 0.717) is 19.4 Å². The molecule has 0 saturated carbocycles. The summed E-state index contributed by atoms with van der Waals surface area (Å²) >= 11 is 0. The van der Waals surface area contributed by atoms with Gasteiger partial charge in [-0.3, -0.25) is 9.59 Å². The van der Waals surface area contributed by atoms with Gasteiger partial charge < -0.3 is 20.3 Å². The number of carbonyl (C=O) groups excluding carboxylic acids is 2. The summed E-state index contributed by atoms with van der Waals surface area (Å²) in [5, 5.41) is 23.3. The van der Waals surface area contributed by atoms with E-state index in [4.69, 9.17) is 4.74 Å². The SMILES string of the molecule is CCCCCCCCCCCCCCCCCCCCC/C=C/C(O)C(CO)NC(=O)CCCCCCCCCCCCCCCCCCC/C=C\CCCCCCCCCCCCCCCCCCOC(=O)CCCCCCCCCCCCCCCCCCCC. The smallest absolute Gasteiger partial charge is 0.305 e. The van der Waals surface area contributed by atoms with E-state index in [9.17, 15) is 19.8 Å². The van der Waals surface area contributed by atoms with E-state index in [1.165, 1.54) is 430 Å². The molecule has 0 bridgehead atoms. The first-order valence-corrected chi connectivity index (χ1v) is 43.1. The zero-order chi connectivity index (χ0) is 67.0. The lowest BCUT2D eigenvalue weighted by Crippen LogP contribution is -2.45. The van der Waals surface area contributed by atoms with Crippen LogP contribution in [-0.4, -0.2) is 47.4 Å². The number of esters is 1. The second kappa shape index (κ2) is 82.8. The maximum atomic E-state index is 12.6. The Hall–Kier alpha value is -1.66. The number of hydrogen-bond donors (Lipinski definition) is 3. The van der Waals surface area contributed by atoms with Crippen molar-refractivity contribution >= 4 is 11.9 Å². The molecule has 0 radical (unpaired) electrons. The summed E-state index contributed by atoms with van der Waals surface area (Å²) in [6, 6.07) is -0.626. The minimum atomic E-state index is -0.843. The van der Waals surface area contributed by atoms with Crippen molar-refractivity contribution in [1.29, 1.82) is 0 Å². The second-order valence-electron chi connectivity index (χ2n) is 29.9. The number of allylic oxidation sites excluding steroid dienone is 3. The summed E-state index contributed by atoms with van der Waals surface area (Å²) in [6.45, 7) is 4.97. The van der Waals surface area contributed by atoms with Crippen LogP contribution in [0.3, 0.4) is 0 Å². The van der Waals surface area contributed by atoms with Gasteiger partial charge in [-0.2, -0.15) is 0 Å². The van der Waals surface area contributed by atoms with Crippen LogP contribution in [0, 0.1) is 0 Å². The Balaban J connectivity index is 3.34. The minimum Gasteiger partial charge on any atom is -0.466 e. The van der Waals surface area contributed by atoms with Crippen molar-refractivity contribution in [2.45, 2.75) is 508 Å². The zero-order valence-electron chi connectivity index (χ0n) is 63.5. The largest absolute Gasteiger partial charge is 0.466 e. The third-order valence-corrected chi connectivity index (χ3v) is 20.5. The van der Waals surface area contributed by atoms with Crippen molar-refractivity contribution < 1.29 is 24.5 Å². The molecule has 0 aliphatic heterocycles. The van der Waals surface area contributed by atoms with Crippen LogP contribution in [0.15, 0.2) is 24.3 Å². The Morgan fingerprint density at radius 2 is 0.505 bits per heavy atom. The Bertz CT molecular complexity index is 1460. The van der Waals surface area contributed by atoms with E-state index in [2.05, 4.69) is 31.3 Å². The number of nitrogens with one attached hydrogen (secondary N) is 1. The average Bonchev–Trinajstić information content (AvgIpc) is 3.78. The van der Waals surface area contributed by atoms with Crippen molar-refractivity contribution in [3.63, 3.8) is 0 Å². The molecule has 0 saturated heterocycles. The number of aliphatic hydroxyl groups excluding tert-OH is 2. The Morgan fingerprint density at radius 1 is 0.290 bits per heavy atom. The standard InChI is InChI=1S/C87H169NO5/c1-3-5-7-9-11-13-15-17-19-21-23-41-44-47-51-55-59-63-67-71-75-79-85(90)84(83-89)88-86(91)80-76-72-68-64-60-56-52-48-45-42-39-37-35-33-31-29-27-25-24-26-28-30-32-34-36-38-40-43-46-50-54-58-62-66-70-74-78-82-93-87(92)81-77-73-69-65-61-57-53-49-22-20-18-16-14-12-10-8-6-4-2/h24,26,75,79,84-85,89-90H,3-23,25,27-74,76-78,80-83H2,1-2H3,(H,88,91)/b26-24-,79-75+. The van der Waals surface area contributed by atoms with Gasteiger partial charge in [0.2, 0.25) is 5.91 Å². The van der Waals surface area contributed by atoms with Crippen LogP contribution in [-0.2, 0) is 14.3 Å². The minimum absolute atomic E-state index is 0.0269. The summed E-state index contributed by atoms with van der Waals surface area (Å²) in [5.74, 6) is -0.0319. The summed E-state index contributed by atoms with van der Waals surface area (Å²) in [4.78, 5) is 24.7. The van der Waals surface area contributed by atoms with Gasteiger partial charge in [-0.25, -0.2) is 0 Å². The highest BCUT2D eigenvalue weighted by molar-refractivity contribution is 5.76. The first-order chi connectivity index (χ1) is 46.0. The Morgan fingerprint density at radius 3 is 0.763 bits per heavy atom. The monoisotopic (exact) mass is 1310 g/mol. The summed E-state index contributed by atoms with van der Waals surface area (Å²) in [7, 11) is 0. The van der Waals surface area contributed by atoms with E-state index in [-0.39, 0.29) is 18.5 Å². The number of amides is 1. The van der Waals surface area contributed by atoms with E-state index in [1.807, 2.05) is 6.08 Å². The normalized spacial score (nSPS) is 12.5. The number of rotatable bonds is 82. The first-order valence-electron chi connectivity index (χ1n) is 43.1. The molecular weight excluding hydrogens is 1140 g/mol. The molecule has 6 nitrogen and oxygen atoms in total. The van der Waals surface area contributed by atoms with Crippen LogP contribution in [0.2, 0.25) is 0 Å². The van der Waals surface area contributed by atoms with Crippen molar-refractivity contribution in [3.8, 4) is 0 Å². The first kappa shape index (κ1) is 91.3. The van der Waals surface area contributed by atoms with Gasteiger partial charge in [-0.05, 0) is 57.8 Å². The van der Waals surface area contributed by atoms with Crippen LogP contribution in [0.4, 0.5) is 0 Å². The van der Waals surface area contributed by atoms with E-state index in [0.717, 1.165) is 38.5 Å². The summed E-state index contributed by atoms with van der Waals surface area (Å²) in [5.41, 5.74) is 0. The lowest BCUT2D eigenvalue weighted by Gasteiger charge is -2.20. The number of unbranched alkanes of at least 4 members (excludes halogenated alkanes) is 69. The quantitative estimate of drug-likeness (QED) is 0.0320. The molecule has 0 heterocycles. The third kappa shape index (κ3) is 79.2. The van der Waals surface area contributed by atoms with Crippen molar-refractivity contribution in [3.05, 3.63) is 24.3 Å². The maximum absolute atomic E-state index is 12.6. The van der Waals surface area contributed by atoms with E-state index < -0.39 is 12.1 Å². The maximum Gasteiger partial charge on any atom is 0.305 e. The topological polar surface area (TPSA) is 95.9 Å². The average molecular weight is 1310 g/mol. The van der Waals surface area contributed by atoms with Crippen LogP contribution in [0.1, 0.15) is 495 Å². The molecule has 0 rings (SSSR count). The highest BCUT2D eigenvalue weighted by Crippen LogP contribution is 2.21. The van der Waals surface area contributed by atoms with Crippen LogP contribution < -0.4 is 5.32 Å². The van der Waals surface area contributed by atoms with Gasteiger partial charge in [0.25, 0.3) is 0 Å². The third-order valence-electron chi connectivity index (χ3n) is 20.5. The van der Waals surface area contributed by atoms with Gasteiger partial charge >= 0.3 is 5.97 Å². The molecule has 0 aliphatic rings. The molecule has 0 aliphatic carbocycles. The Labute approximate surface area is 583 Å². The molecule has 2 atom stereocenters. The van der Waals surface area contributed by atoms with Gasteiger partial charge in [0.1, 0.15) is 0 Å². The fraction of sp³-hybridized carbons (Fsp3) is 0.931. The molecule has 0 aromatic rings. The number of aliphatic hydroxyl groups is 2. The highest BCUT2D eigenvalue weighted by atomic mass is 16.5. The molecule has 0 aromatic carbocycles. The van der Waals surface area contributed by atoms with Gasteiger partial charge in [0, 0.05) is 12.8 Å². The number of hydrogen-bond acceptors (Lipinski definition) is 5. The molecule has 0 aromatic heterocycles. The van der Waals surface area contributed by atoms with Crippen LogP contribution in [0.25, 0.3) is 0 Å². The lowest BCUT2D eigenvalue weighted by molar-refractivity contribution is -0.143. The second-order valence-corrected chi connectivity index (χ2v) is 29.9. The Kier molecular flexibility index (Phi) is 81.3. The molecule has 6 heteroatoms. The molecule has 0 fully saturated rings. The lowest BCUT2D eigenvalue weighted by atomic mass is 10.0. The van der Waals surface area contributed by atoms with Crippen molar-refractivity contribution in [1.82, 2.24) is 5.32 Å². The summed E-state index contributed by atoms with van der Waals surface area (Å²) < 4.78 is 5.52. The molecule has 3 N–H and O–H groups in total. The van der Waals surface area contributed by atoms with Crippen molar-refractivity contribution in [2.24, 2.45) is 0 Å². The number of carbonyl (C=O) groups is 2. The fourth-order valence-electron chi connectivity index (χ4n) is 13.9. The fourth-order valence-corrected chi connectivity index (χ4v) is 13.9. The molecule has 552 valence electrons. The molecule has 1 amide bonds. The van der Waals surface area contributed by atoms with Gasteiger partial charge in [0.05, 0.1) is 25.4 Å². The van der Waals surface area contributed by atoms with Gasteiger partial charge in [-0.15, -0.1) is 0 Å². The predicted molar refractivity (Wildman–Crippen MR) is 412 cm³/mol. The van der Waals surface area contributed by atoms with E-state index in [1.54, 1.807) is 6.08 Å². The molecule has 0 spiro atoms. The number of ether oxygens (including phenoxy) is 1. The van der Waals surface area contributed by atoms with Gasteiger partial charge in [0.15, 0.2) is 0 Å². The van der Waals surface area contributed by atoms with E-state index >= 15 is 0 Å². The van der Waals surface area contributed by atoms with Crippen molar-refractivity contribution in [2.75, 3.05) is 13.2 Å².